The summed E-state index contributed by atoms with van der Waals surface area (Å²) in [5.41, 5.74) is -0.0195. The van der Waals surface area contributed by atoms with Gasteiger partial charge in [0, 0.05) is 13.9 Å². The Hall–Kier alpha value is -2.29. The Bertz CT molecular complexity index is 708. The van der Waals surface area contributed by atoms with Gasteiger partial charge in [-0.25, -0.2) is 4.79 Å². The van der Waals surface area contributed by atoms with Crippen LogP contribution in [0.15, 0.2) is 48.5 Å². The molecule has 0 aromatic heterocycles. The zero-order chi connectivity index (χ0) is 18.7. The number of para-hydroxylation sites is 1. The van der Waals surface area contributed by atoms with Gasteiger partial charge in [0.1, 0.15) is 6.61 Å². The van der Waals surface area contributed by atoms with Crippen LogP contribution in [-0.4, -0.2) is 6.09 Å². The lowest BCUT2D eigenvalue weighted by molar-refractivity contribution is 0.155. The largest absolute Gasteiger partial charge is 0.444 e. The molecule has 2 aromatic rings. The summed E-state index contributed by atoms with van der Waals surface area (Å²) < 4.78 is 50.4. The molecule has 0 heterocycles. The fourth-order valence-electron chi connectivity index (χ4n) is 1.55. The zero-order valence-electron chi connectivity index (χ0n) is 16.1. The van der Waals surface area contributed by atoms with E-state index in [1.165, 1.54) is 18.2 Å². The highest BCUT2D eigenvalue weighted by atomic mass is 16.5. The van der Waals surface area contributed by atoms with E-state index in [0.717, 1.165) is 5.56 Å². The molecular formula is C16H17NO2. The van der Waals surface area contributed by atoms with E-state index in [0.29, 0.717) is 0 Å². The number of benzene rings is 2. The topological polar surface area (TPSA) is 38.3 Å². The van der Waals surface area contributed by atoms with Crippen LogP contribution in [-0.2, 0) is 11.3 Å². The molecule has 0 saturated heterocycles. The van der Waals surface area contributed by atoms with Crippen molar-refractivity contribution in [2.75, 3.05) is 5.32 Å². The van der Waals surface area contributed by atoms with Crippen LogP contribution < -0.4 is 5.32 Å². The third kappa shape index (κ3) is 3.58. The zero-order valence-corrected chi connectivity index (χ0v) is 10.1. The molecule has 3 heteroatoms. The van der Waals surface area contributed by atoms with Crippen molar-refractivity contribution in [1.29, 1.82) is 0 Å². The van der Waals surface area contributed by atoms with E-state index in [-0.39, 0.29) is 23.4 Å². The highest BCUT2D eigenvalue weighted by Crippen LogP contribution is 2.19. The Morgan fingerprint density at radius 1 is 1.11 bits per heavy atom. The van der Waals surface area contributed by atoms with Gasteiger partial charge in [0.05, 0.1) is 0 Å². The van der Waals surface area contributed by atoms with Gasteiger partial charge in [-0.1, -0.05) is 48.5 Å². The van der Waals surface area contributed by atoms with E-state index in [1.54, 1.807) is 24.3 Å². The van der Waals surface area contributed by atoms with E-state index in [9.17, 15) is 4.79 Å². The Kier molecular flexibility index (Phi) is 2.33. The van der Waals surface area contributed by atoms with Crippen molar-refractivity contribution in [2.45, 2.75) is 20.3 Å². The van der Waals surface area contributed by atoms with Crippen molar-refractivity contribution in [3.63, 3.8) is 0 Å². The van der Waals surface area contributed by atoms with Crippen LogP contribution in [0, 0.1) is 13.7 Å². The molecule has 0 aliphatic rings. The number of carbonyl (C=O) groups excluding carboxylic acids is 1. The van der Waals surface area contributed by atoms with Crippen molar-refractivity contribution >= 4 is 11.8 Å². The van der Waals surface area contributed by atoms with Gasteiger partial charge >= 0.3 is 6.09 Å². The molecule has 3 nitrogen and oxygen atoms in total. The minimum atomic E-state index is -2.58. The normalized spacial score (nSPS) is 16.0. The van der Waals surface area contributed by atoms with Crippen LogP contribution in [0.3, 0.4) is 0 Å². The molecule has 0 unspecified atom stereocenters. The van der Waals surface area contributed by atoms with Gasteiger partial charge in [-0.05, 0) is 30.4 Å². The van der Waals surface area contributed by atoms with E-state index >= 15 is 0 Å². The fourth-order valence-corrected chi connectivity index (χ4v) is 1.55. The van der Waals surface area contributed by atoms with Crippen molar-refractivity contribution in [3.8, 4) is 0 Å². The molecule has 0 aliphatic heterocycles. The summed E-state index contributed by atoms with van der Waals surface area (Å²) in [4.78, 5) is 12.0. The maximum Gasteiger partial charge on any atom is 0.411 e. The lowest BCUT2D eigenvalue weighted by atomic mass is 10.1. The molecule has 1 amide bonds. The molecule has 0 saturated carbocycles. The van der Waals surface area contributed by atoms with Crippen molar-refractivity contribution in [1.82, 2.24) is 0 Å². The van der Waals surface area contributed by atoms with E-state index in [2.05, 4.69) is 5.32 Å². The number of nitrogens with one attached hydrogen (secondary N) is 1. The third-order valence-corrected chi connectivity index (χ3v) is 2.50. The van der Waals surface area contributed by atoms with Crippen molar-refractivity contribution < 1.29 is 17.8 Å². The molecule has 98 valence electrons. The summed E-state index contributed by atoms with van der Waals surface area (Å²) in [5, 5.41) is 2.28. The van der Waals surface area contributed by atoms with Gasteiger partial charge in [-0.3, -0.25) is 5.32 Å². The van der Waals surface area contributed by atoms with Crippen molar-refractivity contribution in [2.24, 2.45) is 0 Å². The molecule has 19 heavy (non-hydrogen) atoms. The average molecular weight is 261 g/mol. The van der Waals surface area contributed by atoms with E-state index in [4.69, 9.17) is 13.0 Å². The quantitative estimate of drug-likeness (QED) is 0.905. The fraction of sp³-hybridized carbons (Fsp3) is 0.188. The second-order valence-electron chi connectivity index (χ2n) is 3.91. The summed E-state index contributed by atoms with van der Waals surface area (Å²) >= 11 is 0. The SMILES string of the molecule is [2H]C([2H])([2H])c1cccc(C([2H])([2H])[2H])c1NC(=O)OCc1ccccc1. The van der Waals surface area contributed by atoms with Gasteiger partial charge in [-0.2, -0.15) is 0 Å². The standard InChI is InChI=1S/C16H17NO2/c1-12-7-6-8-13(2)15(12)17-16(18)19-11-14-9-4-3-5-10-14/h3-10H,11H2,1-2H3,(H,17,18)/i1D3,2D3. The number of hydrogen-bond acceptors (Lipinski definition) is 2. The molecule has 0 aliphatic carbocycles. The summed E-state index contributed by atoms with van der Waals surface area (Å²) in [6.07, 6.45) is -0.925. The Morgan fingerprint density at radius 2 is 1.79 bits per heavy atom. The van der Waals surface area contributed by atoms with E-state index in [1.807, 2.05) is 6.07 Å². The van der Waals surface area contributed by atoms with Crippen LogP contribution in [0.1, 0.15) is 24.9 Å². The molecule has 0 bridgehead atoms. The first-order chi connectivity index (χ1) is 11.6. The van der Waals surface area contributed by atoms with Gasteiger partial charge in [-0.15, -0.1) is 0 Å². The summed E-state index contributed by atoms with van der Waals surface area (Å²) in [6.45, 7) is -5.18. The molecule has 0 fully saturated rings. The summed E-state index contributed by atoms with van der Waals surface area (Å²) in [7, 11) is 0. The minimum Gasteiger partial charge on any atom is -0.444 e. The lowest BCUT2D eigenvalue weighted by Gasteiger charge is -2.11. The number of rotatable bonds is 3. The number of carbonyl (C=O) groups is 1. The predicted molar refractivity (Wildman–Crippen MR) is 76.2 cm³/mol. The highest BCUT2D eigenvalue weighted by Gasteiger charge is 2.07. The summed E-state index contributed by atoms with van der Waals surface area (Å²) in [6, 6.07) is 12.8. The summed E-state index contributed by atoms with van der Waals surface area (Å²) in [5.74, 6) is 0. The second-order valence-corrected chi connectivity index (χ2v) is 3.91. The molecule has 0 atom stereocenters. The molecule has 2 rings (SSSR count). The van der Waals surface area contributed by atoms with Gasteiger partial charge in [0.2, 0.25) is 0 Å². The van der Waals surface area contributed by atoms with Crippen LogP contribution >= 0.6 is 0 Å². The Morgan fingerprint density at radius 3 is 2.42 bits per heavy atom. The first kappa shape index (κ1) is 7.34. The van der Waals surface area contributed by atoms with Gasteiger partial charge in [0.25, 0.3) is 0 Å². The molecule has 0 spiro atoms. The first-order valence-electron chi connectivity index (χ1n) is 8.71. The number of amides is 1. The maximum atomic E-state index is 12.0. The van der Waals surface area contributed by atoms with Crippen LogP contribution in [0.25, 0.3) is 0 Å². The number of anilines is 1. The Labute approximate surface area is 121 Å². The number of aryl methyl sites for hydroxylation is 2. The molecular weight excluding hydrogens is 238 g/mol. The van der Waals surface area contributed by atoms with Crippen molar-refractivity contribution in [3.05, 3.63) is 65.2 Å². The molecule has 0 radical (unpaired) electrons. The molecule has 2 aromatic carbocycles. The lowest BCUT2D eigenvalue weighted by Crippen LogP contribution is -2.15. The minimum absolute atomic E-state index is 0.0221. The monoisotopic (exact) mass is 261 g/mol. The molecule has 1 N–H and O–H groups in total. The first-order valence-corrected chi connectivity index (χ1v) is 5.71. The Balaban J connectivity index is 2.26. The van der Waals surface area contributed by atoms with Crippen LogP contribution in [0.2, 0.25) is 0 Å². The van der Waals surface area contributed by atoms with Crippen LogP contribution in [0.4, 0.5) is 10.5 Å². The van der Waals surface area contributed by atoms with Gasteiger partial charge in [0.15, 0.2) is 0 Å². The number of ether oxygens (including phenoxy) is 1. The van der Waals surface area contributed by atoms with Crippen LogP contribution in [0.5, 0.6) is 0 Å². The smallest absolute Gasteiger partial charge is 0.411 e. The third-order valence-electron chi connectivity index (χ3n) is 2.50. The number of hydrogen-bond donors (Lipinski definition) is 1. The van der Waals surface area contributed by atoms with Gasteiger partial charge < -0.3 is 4.74 Å². The predicted octanol–water partition coefficient (Wildman–Crippen LogP) is 4.05. The van der Waals surface area contributed by atoms with E-state index < -0.39 is 19.8 Å². The second kappa shape index (κ2) is 6.05. The maximum absolute atomic E-state index is 12.0. The highest BCUT2D eigenvalue weighted by molar-refractivity contribution is 5.86. The average Bonchev–Trinajstić information content (AvgIpc) is 2.52.